The van der Waals surface area contributed by atoms with Gasteiger partial charge in [-0.05, 0) is 81.6 Å². The summed E-state index contributed by atoms with van der Waals surface area (Å²) < 4.78 is 59.5. The van der Waals surface area contributed by atoms with Gasteiger partial charge in [0.2, 0.25) is 5.82 Å². The van der Waals surface area contributed by atoms with E-state index in [1.165, 1.54) is 24.3 Å². The number of nitrogens with one attached hydrogen (secondary N) is 1. The first-order chi connectivity index (χ1) is 22.5. The molecule has 1 N–H and O–H groups in total. The maximum Gasteiger partial charge on any atom is 0.573 e. The van der Waals surface area contributed by atoms with Crippen molar-refractivity contribution in [3.8, 4) is 28.7 Å². The maximum absolute atomic E-state index is 12.9. The van der Waals surface area contributed by atoms with Crippen LogP contribution in [0.1, 0.15) is 45.9 Å². The number of aryl methyl sites for hydroxylation is 1. The molecular formula is C33H37F3N6O6. The fourth-order valence-corrected chi connectivity index (χ4v) is 4.94. The number of carbonyl (C=O) groups is 2. The van der Waals surface area contributed by atoms with Crippen molar-refractivity contribution in [3.63, 3.8) is 0 Å². The molecule has 256 valence electrons. The van der Waals surface area contributed by atoms with Crippen molar-refractivity contribution in [2.45, 2.75) is 72.2 Å². The van der Waals surface area contributed by atoms with Crippen LogP contribution in [0.15, 0.2) is 59.1 Å². The number of hydrogen-bond donors (Lipinski definition) is 1. The molecule has 3 heterocycles. The summed E-state index contributed by atoms with van der Waals surface area (Å²) in [7, 11) is 0. The van der Waals surface area contributed by atoms with Gasteiger partial charge in [0.25, 0.3) is 5.89 Å². The highest BCUT2D eigenvalue weighted by Crippen LogP contribution is 2.28. The number of hydrogen-bond acceptors (Lipinski definition) is 10. The van der Waals surface area contributed by atoms with E-state index in [2.05, 4.69) is 30.2 Å². The summed E-state index contributed by atoms with van der Waals surface area (Å²) in [5.41, 5.74) is 3.01. The molecule has 2 aromatic heterocycles. The van der Waals surface area contributed by atoms with Crippen LogP contribution in [0, 0.1) is 12.8 Å². The topological polar surface area (TPSA) is 134 Å². The highest BCUT2D eigenvalue weighted by Gasteiger charge is 2.35. The lowest BCUT2D eigenvalue weighted by atomic mass is 10.0. The van der Waals surface area contributed by atoms with Crippen LogP contribution in [0.2, 0.25) is 0 Å². The average Bonchev–Trinajstić information content (AvgIpc) is 3.59. The Morgan fingerprint density at radius 1 is 1.06 bits per heavy atom. The molecule has 1 aliphatic heterocycles. The van der Waals surface area contributed by atoms with E-state index in [1.807, 2.05) is 45.0 Å². The number of esters is 1. The smallest absolute Gasteiger partial charge is 0.457 e. The van der Waals surface area contributed by atoms with Gasteiger partial charge >= 0.3 is 18.4 Å². The minimum absolute atomic E-state index is 0.165. The van der Waals surface area contributed by atoms with Crippen molar-refractivity contribution in [1.29, 1.82) is 0 Å². The number of benzene rings is 2. The number of carbonyl (C=O) groups excluding carboxylic acids is 2. The van der Waals surface area contributed by atoms with E-state index in [0.29, 0.717) is 30.9 Å². The third kappa shape index (κ3) is 8.83. The Bertz CT molecular complexity index is 1740. The number of halogens is 3. The third-order valence-electron chi connectivity index (χ3n) is 7.30. The molecular weight excluding hydrogens is 633 g/mol. The number of aromatic nitrogens is 4. The second-order valence-electron chi connectivity index (χ2n) is 12.8. The molecule has 1 amide bonds. The lowest BCUT2D eigenvalue weighted by Crippen LogP contribution is -2.56. The van der Waals surface area contributed by atoms with Gasteiger partial charge < -0.3 is 29.0 Å². The molecule has 1 atom stereocenters. The van der Waals surface area contributed by atoms with Crippen LogP contribution in [0.5, 0.6) is 5.75 Å². The number of alkyl carbamates (subject to hydrolysis) is 1. The largest absolute Gasteiger partial charge is 0.573 e. The number of ether oxygens (including phenoxy) is 3. The summed E-state index contributed by atoms with van der Waals surface area (Å²) in [6.45, 7) is 12.3. The van der Waals surface area contributed by atoms with Crippen molar-refractivity contribution < 1.29 is 41.5 Å². The highest BCUT2D eigenvalue weighted by atomic mass is 19.4. The van der Waals surface area contributed by atoms with Gasteiger partial charge in [-0.1, -0.05) is 31.1 Å². The minimum Gasteiger partial charge on any atom is -0.457 e. The first kappa shape index (κ1) is 34.3. The Hall–Kier alpha value is -5.08. The fourth-order valence-electron chi connectivity index (χ4n) is 4.94. The van der Waals surface area contributed by atoms with Gasteiger partial charge in [0, 0.05) is 16.9 Å². The Kier molecular flexibility index (Phi) is 9.69. The lowest BCUT2D eigenvalue weighted by molar-refractivity contribution is -0.274. The zero-order valence-corrected chi connectivity index (χ0v) is 27.4. The molecule has 5 rings (SSSR count). The molecule has 12 nitrogen and oxygen atoms in total. The molecule has 0 saturated carbocycles. The van der Waals surface area contributed by atoms with Crippen molar-refractivity contribution in [2.75, 3.05) is 18.0 Å². The third-order valence-corrected chi connectivity index (χ3v) is 7.30. The molecule has 1 fully saturated rings. The van der Waals surface area contributed by atoms with Crippen LogP contribution in [0.25, 0.3) is 23.0 Å². The Morgan fingerprint density at radius 2 is 1.77 bits per heavy atom. The Morgan fingerprint density at radius 3 is 2.42 bits per heavy atom. The zero-order valence-electron chi connectivity index (χ0n) is 27.4. The van der Waals surface area contributed by atoms with Gasteiger partial charge in [0.05, 0.1) is 19.6 Å². The van der Waals surface area contributed by atoms with Crippen molar-refractivity contribution in [2.24, 2.45) is 5.92 Å². The van der Waals surface area contributed by atoms with E-state index in [1.54, 1.807) is 31.5 Å². The second kappa shape index (κ2) is 13.6. The molecule has 2 aromatic carbocycles. The minimum atomic E-state index is -4.78. The summed E-state index contributed by atoms with van der Waals surface area (Å²) >= 11 is 0. The normalized spacial score (nSPS) is 14.4. The Balaban J connectivity index is 1.17. The summed E-state index contributed by atoms with van der Waals surface area (Å²) in [4.78, 5) is 31.6. The standard InChI is InChI=1S/C33H37F3N6O6/c1-19(2)27(37-31(44)47-32(4,5)6)30(43)45-25-17-41(18-25)23-9-7-8-21(15-23)16-42-20(3)14-26(39-42)29-38-28(40-48-29)22-10-12-24(13-11-22)46-33(34,35)36/h7-15,19,25,27H,16-18H2,1-6H3,(H,37,44)/t27-/m0/s1. The lowest BCUT2D eigenvalue weighted by Gasteiger charge is -2.41. The van der Waals surface area contributed by atoms with Gasteiger partial charge in [0.15, 0.2) is 5.69 Å². The molecule has 4 aromatic rings. The van der Waals surface area contributed by atoms with E-state index in [9.17, 15) is 22.8 Å². The first-order valence-electron chi connectivity index (χ1n) is 15.3. The maximum atomic E-state index is 12.9. The van der Waals surface area contributed by atoms with Gasteiger partial charge in [-0.25, -0.2) is 9.59 Å². The van der Waals surface area contributed by atoms with Crippen molar-refractivity contribution in [3.05, 3.63) is 65.9 Å². The van der Waals surface area contributed by atoms with E-state index in [-0.39, 0.29) is 29.5 Å². The molecule has 0 bridgehead atoms. The van der Waals surface area contributed by atoms with Crippen LogP contribution in [-0.2, 0) is 20.8 Å². The highest BCUT2D eigenvalue weighted by molar-refractivity contribution is 5.82. The predicted octanol–water partition coefficient (Wildman–Crippen LogP) is 6.14. The summed E-state index contributed by atoms with van der Waals surface area (Å²) in [5, 5.41) is 11.2. The molecule has 0 radical (unpaired) electrons. The van der Waals surface area contributed by atoms with E-state index >= 15 is 0 Å². The van der Waals surface area contributed by atoms with E-state index < -0.39 is 30.1 Å². The zero-order chi connectivity index (χ0) is 34.8. The van der Waals surface area contributed by atoms with Crippen LogP contribution < -0.4 is 15.0 Å². The van der Waals surface area contributed by atoms with Gasteiger partial charge in [0.1, 0.15) is 23.5 Å². The quantitative estimate of drug-likeness (QED) is 0.196. The monoisotopic (exact) mass is 670 g/mol. The van der Waals surface area contributed by atoms with Crippen LogP contribution in [-0.4, -0.2) is 69.2 Å². The summed E-state index contributed by atoms with van der Waals surface area (Å²) in [6, 6.07) is 14.1. The number of alkyl halides is 3. The molecule has 0 unspecified atom stereocenters. The number of nitrogens with zero attached hydrogens (tertiary/aromatic N) is 5. The molecule has 0 spiro atoms. The SMILES string of the molecule is Cc1cc(-c2nc(-c3ccc(OC(F)(F)F)cc3)no2)nn1Cc1cccc(N2CC(OC(=O)[C@@H](NC(=O)OC(C)(C)C)C(C)C)C2)c1. The summed E-state index contributed by atoms with van der Waals surface area (Å²) in [6.07, 6.45) is -5.77. The van der Waals surface area contributed by atoms with Crippen molar-refractivity contribution in [1.82, 2.24) is 25.2 Å². The number of anilines is 1. The molecule has 1 saturated heterocycles. The Labute approximate surface area is 275 Å². The molecule has 1 aliphatic rings. The number of amides is 1. The predicted molar refractivity (Wildman–Crippen MR) is 168 cm³/mol. The average molecular weight is 671 g/mol. The molecule has 0 aliphatic carbocycles. The fraction of sp³-hybridized carbons (Fsp3) is 0.424. The van der Waals surface area contributed by atoms with Crippen LogP contribution >= 0.6 is 0 Å². The van der Waals surface area contributed by atoms with E-state index in [4.69, 9.17) is 14.0 Å². The number of rotatable bonds is 10. The summed E-state index contributed by atoms with van der Waals surface area (Å²) in [5.74, 6) is -0.677. The van der Waals surface area contributed by atoms with Crippen LogP contribution in [0.3, 0.4) is 0 Å². The van der Waals surface area contributed by atoms with Crippen molar-refractivity contribution >= 4 is 17.7 Å². The van der Waals surface area contributed by atoms with Gasteiger partial charge in [-0.15, -0.1) is 13.2 Å². The molecule has 48 heavy (non-hydrogen) atoms. The van der Waals surface area contributed by atoms with Crippen LogP contribution in [0.4, 0.5) is 23.7 Å². The molecule has 15 heteroatoms. The first-order valence-corrected chi connectivity index (χ1v) is 15.3. The second-order valence-corrected chi connectivity index (χ2v) is 12.8. The van der Waals surface area contributed by atoms with Gasteiger partial charge in [-0.2, -0.15) is 10.1 Å². The van der Waals surface area contributed by atoms with E-state index in [0.717, 1.165) is 16.9 Å². The van der Waals surface area contributed by atoms with Gasteiger partial charge in [-0.3, -0.25) is 4.68 Å².